The van der Waals surface area contributed by atoms with Crippen LogP contribution in [0.5, 0.6) is 11.5 Å². The van der Waals surface area contributed by atoms with Crippen molar-refractivity contribution in [1.29, 1.82) is 0 Å². The van der Waals surface area contributed by atoms with Gasteiger partial charge in [-0.25, -0.2) is 0 Å². The monoisotopic (exact) mass is 341 g/mol. The third-order valence-corrected chi connectivity index (χ3v) is 3.30. The van der Waals surface area contributed by atoms with Gasteiger partial charge in [-0.05, 0) is 42.5 Å². The zero-order valence-corrected chi connectivity index (χ0v) is 12.3. The lowest BCUT2D eigenvalue weighted by Gasteiger charge is -2.08. The maximum atomic E-state index is 6.04. The van der Waals surface area contributed by atoms with E-state index in [0.29, 0.717) is 21.5 Å². The van der Waals surface area contributed by atoms with E-state index in [-0.39, 0.29) is 0 Å². The first kappa shape index (κ1) is 13.3. The fourth-order valence-electron chi connectivity index (χ4n) is 1.37. The molecule has 0 heterocycles. The van der Waals surface area contributed by atoms with Gasteiger partial charge in [0, 0.05) is 10.0 Å². The fourth-order valence-corrected chi connectivity index (χ4v) is 2.00. The molecule has 5 heteroatoms. The molecular weight excluding hydrogens is 334 g/mol. The Hall–Kier alpha value is -1.10. The van der Waals surface area contributed by atoms with Gasteiger partial charge < -0.3 is 10.5 Å². The van der Waals surface area contributed by atoms with E-state index < -0.39 is 0 Å². The molecule has 0 aliphatic heterocycles. The highest BCUT2D eigenvalue weighted by molar-refractivity contribution is 9.10. The predicted molar refractivity (Wildman–Crippen MR) is 81.6 cm³/mol. The van der Waals surface area contributed by atoms with Crippen molar-refractivity contribution in [2.24, 2.45) is 5.73 Å². The van der Waals surface area contributed by atoms with Crippen molar-refractivity contribution >= 4 is 44.7 Å². The summed E-state index contributed by atoms with van der Waals surface area (Å²) in [5.41, 5.74) is 6.33. The van der Waals surface area contributed by atoms with Crippen molar-refractivity contribution in [3.63, 3.8) is 0 Å². The Labute approximate surface area is 124 Å². The third kappa shape index (κ3) is 3.22. The summed E-state index contributed by atoms with van der Waals surface area (Å²) in [4.78, 5) is 0.363. The van der Waals surface area contributed by atoms with E-state index in [1.54, 1.807) is 18.2 Å². The van der Waals surface area contributed by atoms with E-state index in [1.165, 1.54) is 0 Å². The average molecular weight is 343 g/mol. The molecule has 92 valence electrons. The second-order valence-electron chi connectivity index (χ2n) is 3.57. The van der Waals surface area contributed by atoms with E-state index in [9.17, 15) is 0 Å². The van der Waals surface area contributed by atoms with Gasteiger partial charge in [0.2, 0.25) is 0 Å². The van der Waals surface area contributed by atoms with Gasteiger partial charge >= 0.3 is 0 Å². The zero-order valence-electron chi connectivity index (χ0n) is 9.19. The molecule has 0 fully saturated rings. The molecule has 0 saturated heterocycles. The van der Waals surface area contributed by atoms with Crippen molar-refractivity contribution < 1.29 is 4.74 Å². The second kappa shape index (κ2) is 5.69. The molecule has 2 rings (SSSR count). The van der Waals surface area contributed by atoms with Crippen molar-refractivity contribution in [2.75, 3.05) is 0 Å². The number of ether oxygens (including phenoxy) is 1. The van der Waals surface area contributed by atoms with Gasteiger partial charge in [-0.2, -0.15) is 0 Å². The highest BCUT2D eigenvalue weighted by Crippen LogP contribution is 2.31. The molecule has 0 unspecified atom stereocenters. The molecule has 2 N–H and O–H groups in total. The first-order valence-corrected chi connectivity index (χ1v) is 6.67. The summed E-state index contributed by atoms with van der Waals surface area (Å²) in [5.74, 6) is 1.27. The van der Waals surface area contributed by atoms with Crippen LogP contribution in [0.15, 0.2) is 46.9 Å². The Balaban J connectivity index is 2.23. The highest BCUT2D eigenvalue weighted by atomic mass is 79.9. The molecule has 0 bridgehead atoms. The second-order valence-corrected chi connectivity index (χ2v) is 5.33. The molecule has 0 atom stereocenters. The lowest BCUT2D eigenvalue weighted by molar-refractivity contribution is 0.482. The Kier molecular flexibility index (Phi) is 4.22. The number of halogens is 2. The maximum absolute atomic E-state index is 6.04. The van der Waals surface area contributed by atoms with Gasteiger partial charge in [0.25, 0.3) is 0 Å². The van der Waals surface area contributed by atoms with Crippen LogP contribution in [0.2, 0.25) is 5.02 Å². The van der Waals surface area contributed by atoms with Gasteiger partial charge in [-0.15, -0.1) is 0 Å². The third-order valence-electron chi connectivity index (χ3n) is 2.26. The van der Waals surface area contributed by atoms with E-state index in [0.717, 1.165) is 10.0 Å². The average Bonchev–Trinajstić information content (AvgIpc) is 2.34. The Morgan fingerprint density at radius 1 is 1.17 bits per heavy atom. The smallest absolute Gasteiger partial charge is 0.147 e. The Morgan fingerprint density at radius 2 is 1.83 bits per heavy atom. The van der Waals surface area contributed by atoms with E-state index in [4.69, 9.17) is 34.3 Å². The van der Waals surface area contributed by atoms with E-state index in [2.05, 4.69) is 15.9 Å². The molecule has 0 aliphatic rings. The quantitative estimate of drug-likeness (QED) is 0.832. The van der Waals surface area contributed by atoms with Gasteiger partial charge in [0.15, 0.2) is 0 Å². The highest BCUT2D eigenvalue weighted by Gasteiger charge is 2.04. The van der Waals surface area contributed by atoms with Crippen molar-refractivity contribution in [3.8, 4) is 11.5 Å². The van der Waals surface area contributed by atoms with E-state index >= 15 is 0 Å². The number of hydrogen-bond donors (Lipinski definition) is 1. The van der Waals surface area contributed by atoms with Crippen molar-refractivity contribution in [3.05, 3.63) is 57.5 Å². The predicted octanol–water partition coefficient (Wildman–Crippen LogP) is 4.53. The molecule has 0 aromatic heterocycles. The van der Waals surface area contributed by atoms with Crippen LogP contribution in [-0.4, -0.2) is 4.99 Å². The van der Waals surface area contributed by atoms with Crippen molar-refractivity contribution in [2.45, 2.75) is 0 Å². The van der Waals surface area contributed by atoms with Crippen LogP contribution in [0, 0.1) is 0 Å². The van der Waals surface area contributed by atoms with Crippen LogP contribution in [0.1, 0.15) is 5.56 Å². The number of benzene rings is 2. The number of hydrogen-bond acceptors (Lipinski definition) is 2. The SMILES string of the molecule is NC(=S)c1ccc(Oc2cc(Br)ccc2Cl)cc1. The fraction of sp³-hybridized carbons (Fsp3) is 0. The number of nitrogens with two attached hydrogens (primary N) is 1. The molecule has 0 amide bonds. The Bertz CT molecular complexity index is 586. The van der Waals surface area contributed by atoms with Crippen LogP contribution < -0.4 is 10.5 Å². The standard InChI is InChI=1S/C13H9BrClNOS/c14-9-3-6-11(15)12(7-9)17-10-4-1-8(2-5-10)13(16)18/h1-7H,(H2,16,18). The molecule has 0 aliphatic carbocycles. The van der Waals surface area contributed by atoms with Crippen LogP contribution in [0.25, 0.3) is 0 Å². The minimum atomic E-state index is 0.363. The summed E-state index contributed by atoms with van der Waals surface area (Å²) in [7, 11) is 0. The van der Waals surface area contributed by atoms with Gasteiger partial charge in [0.05, 0.1) is 5.02 Å². The molecule has 2 aromatic carbocycles. The summed E-state index contributed by atoms with van der Waals surface area (Å²) >= 11 is 14.3. The minimum absolute atomic E-state index is 0.363. The zero-order chi connectivity index (χ0) is 13.1. The molecule has 2 aromatic rings. The largest absolute Gasteiger partial charge is 0.456 e. The molecular formula is C13H9BrClNOS. The van der Waals surface area contributed by atoms with Crippen LogP contribution in [-0.2, 0) is 0 Å². The van der Waals surface area contributed by atoms with Crippen molar-refractivity contribution in [1.82, 2.24) is 0 Å². The van der Waals surface area contributed by atoms with Gasteiger partial charge in [0.1, 0.15) is 16.5 Å². The summed E-state index contributed by atoms with van der Waals surface area (Å²) in [6.45, 7) is 0. The lowest BCUT2D eigenvalue weighted by atomic mass is 10.2. The molecule has 0 spiro atoms. The number of rotatable bonds is 3. The molecule has 2 nitrogen and oxygen atoms in total. The molecule has 18 heavy (non-hydrogen) atoms. The van der Waals surface area contributed by atoms with Crippen LogP contribution >= 0.6 is 39.7 Å². The van der Waals surface area contributed by atoms with Crippen LogP contribution in [0.3, 0.4) is 0 Å². The first-order chi connectivity index (χ1) is 8.56. The Morgan fingerprint density at radius 3 is 2.44 bits per heavy atom. The topological polar surface area (TPSA) is 35.2 Å². The summed E-state index contributed by atoms with van der Waals surface area (Å²) < 4.78 is 6.58. The first-order valence-electron chi connectivity index (χ1n) is 5.09. The van der Waals surface area contributed by atoms with Crippen LogP contribution in [0.4, 0.5) is 0 Å². The minimum Gasteiger partial charge on any atom is -0.456 e. The summed E-state index contributed by atoms with van der Waals surface area (Å²) in [5, 5.41) is 0.552. The number of thiocarbonyl (C=S) groups is 1. The van der Waals surface area contributed by atoms with Gasteiger partial charge in [-0.3, -0.25) is 0 Å². The molecule has 0 radical (unpaired) electrons. The van der Waals surface area contributed by atoms with Gasteiger partial charge in [-0.1, -0.05) is 39.7 Å². The summed E-state index contributed by atoms with van der Waals surface area (Å²) in [6.07, 6.45) is 0. The summed E-state index contributed by atoms with van der Waals surface area (Å²) in [6, 6.07) is 12.6. The maximum Gasteiger partial charge on any atom is 0.147 e. The lowest BCUT2D eigenvalue weighted by Crippen LogP contribution is -2.08. The molecule has 0 saturated carbocycles. The normalized spacial score (nSPS) is 10.1. The van der Waals surface area contributed by atoms with E-state index in [1.807, 2.05) is 24.3 Å².